The Kier molecular flexibility index (Phi) is 9.44. The summed E-state index contributed by atoms with van der Waals surface area (Å²) in [4.78, 5) is 2.52. The van der Waals surface area contributed by atoms with E-state index in [0.29, 0.717) is 52.1 Å². The van der Waals surface area contributed by atoms with Crippen molar-refractivity contribution in [3.63, 3.8) is 0 Å². The van der Waals surface area contributed by atoms with Gasteiger partial charge in [0.2, 0.25) is 0 Å². The standard InChI is InChI=1S/C6H10FN3O.C6H12FNO.CH4/c7-6(5-9-10-8)1-3-11-4-2-6;7-6(5-8)1-3-9-4-2-6;/h1-5H2;1-5,8H2;1H4. The van der Waals surface area contributed by atoms with Crippen LogP contribution in [0.2, 0.25) is 0 Å². The van der Waals surface area contributed by atoms with E-state index in [4.69, 9.17) is 20.7 Å². The molecule has 8 heteroatoms. The van der Waals surface area contributed by atoms with Crippen LogP contribution in [0.15, 0.2) is 5.11 Å². The van der Waals surface area contributed by atoms with Gasteiger partial charge in [0.05, 0.1) is 6.54 Å². The first-order valence-electron chi connectivity index (χ1n) is 6.78. The molecule has 2 rings (SSSR count). The first kappa shape index (κ1) is 20.1. The maximum atomic E-state index is 13.4. The van der Waals surface area contributed by atoms with E-state index in [2.05, 4.69) is 10.0 Å². The normalized spacial score (nSPS) is 22.8. The van der Waals surface area contributed by atoms with E-state index in [1.54, 1.807) is 0 Å². The molecule has 0 radical (unpaired) electrons. The monoisotopic (exact) mass is 308 g/mol. The van der Waals surface area contributed by atoms with Crippen molar-refractivity contribution >= 4 is 0 Å². The van der Waals surface area contributed by atoms with Crippen molar-refractivity contribution in [2.24, 2.45) is 10.8 Å². The number of rotatable bonds is 3. The Morgan fingerprint density at radius 3 is 1.76 bits per heavy atom. The molecule has 2 aliphatic heterocycles. The summed E-state index contributed by atoms with van der Waals surface area (Å²) in [6.07, 6.45) is 1.60. The van der Waals surface area contributed by atoms with E-state index in [-0.39, 0.29) is 20.5 Å². The lowest BCUT2D eigenvalue weighted by molar-refractivity contribution is -0.00366. The Morgan fingerprint density at radius 1 is 1.00 bits per heavy atom. The Balaban J connectivity index is 0.000000370. The van der Waals surface area contributed by atoms with E-state index < -0.39 is 11.3 Å². The number of azide groups is 1. The number of halogens is 2. The number of alkyl halides is 2. The van der Waals surface area contributed by atoms with E-state index >= 15 is 0 Å². The Bertz CT molecular complexity index is 326. The lowest BCUT2D eigenvalue weighted by atomic mass is 9.97. The minimum absolute atomic E-state index is 0. The molecule has 124 valence electrons. The van der Waals surface area contributed by atoms with Crippen LogP contribution < -0.4 is 5.73 Å². The van der Waals surface area contributed by atoms with Crippen molar-refractivity contribution in [1.29, 1.82) is 0 Å². The minimum atomic E-state index is -1.32. The van der Waals surface area contributed by atoms with Gasteiger partial charge in [0, 0.05) is 63.6 Å². The fourth-order valence-corrected chi connectivity index (χ4v) is 2.00. The SMILES string of the molecule is C.NCC1(F)CCOCC1.[N-]=[N+]=NCC1(F)CCOCC1. The zero-order valence-corrected chi connectivity index (χ0v) is 11.6. The van der Waals surface area contributed by atoms with E-state index in [0.717, 1.165) is 0 Å². The summed E-state index contributed by atoms with van der Waals surface area (Å²) in [6.45, 7) is 1.97. The predicted octanol–water partition coefficient (Wildman–Crippen LogP) is 2.92. The van der Waals surface area contributed by atoms with Gasteiger partial charge < -0.3 is 15.2 Å². The molecule has 6 nitrogen and oxygen atoms in total. The van der Waals surface area contributed by atoms with Crippen LogP contribution in [-0.2, 0) is 9.47 Å². The van der Waals surface area contributed by atoms with Crippen molar-refractivity contribution in [2.45, 2.75) is 44.4 Å². The summed E-state index contributed by atoms with van der Waals surface area (Å²) in [7, 11) is 0. The molecule has 0 aromatic carbocycles. The summed E-state index contributed by atoms with van der Waals surface area (Å²) < 4.78 is 36.5. The van der Waals surface area contributed by atoms with Gasteiger partial charge in [0.1, 0.15) is 11.3 Å². The van der Waals surface area contributed by atoms with Crippen molar-refractivity contribution in [3.8, 4) is 0 Å². The number of nitrogens with two attached hydrogens (primary N) is 1. The van der Waals surface area contributed by atoms with Crippen molar-refractivity contribution in [1.82, 2.24) is 0 Å². The molecule has 0 saturated carbocycles. The van der Waals surface area contributed by atoms with Gasteiger partial charge in [-0.25, -0.2) is 8.78 Å². The van der Waals surface area contributed by atoms with Gasteiger partial charge in [-0.2, -0.15) is 0 Å². The lowest BCUT2D eigenvalue weighted by Crippen LogP contribution is -2.38. The van der Waals surface area contributed by atoms with Crippen LogP contribution in [0.1, 0.15) is 33.1 Å². The minimum Gasteiger partial charge on any atom is -0.381 e. The molecule has 0 aromatic rings. The maximum Gasteiger partial charge on any atom is 0.127 e. The van der Waals surface area contributed by atoms with E-state index in [9.17, 15) is 8.78 Å². The van der Waals surface area contributed by atoms with Crippen LogP contribution in [0.3, 0.4) is 0 Å². The third-order valence-electron chi connectivity index (χ3n) is 3.56. The topological polar surface area (TPSA) is 93.2 Å². The van der Waals surface area contributed by atoms with Gasteiger partial charge in [-0.05, 0) is 5.53 Å². The van der Waals surface area contributed by atoms with Gasteiger partial charge in [-0.1, -0.05) is 12.5 Å². The van der Waals surface area contributed by atoms with Crippen molar-refractivity contribution in [3.05, 3.63) is 10.4 Å². The summed E-state index contributed by atoms with van der Waals surface area (Å²) >= 11 is 0. The van der Waals surface area contributed by atoms with Crippen molar-refractivity contribution in [2.75, 3.05) is 39.5 Å². The molecule has 2 saturated heterocycles. The van der Waals surface area contributed by atoms with Gasteiger partial charge in [0.25, 0.3) is 0 Å². The summed E-state index contributed by atoms with van der Waals surface area (Å²) in [6, 6.07) is 0. The average molecular weight is 308 g/mol. The molecular formula is C13H26F2N4O2. The largest absolute Gasteiger partial charge is 0.381 e. The van der Waals surface area contributed by atoms with Gasteiger partial charge in [0.15, 0.2) is 0 Å². The molecule has 21 heavy (non-hydrogen) atoms. The van der Waals surface area contributed by atoms with Gasteiger partial charge in [-0.3, -0.25) is 0 Å². The number of nitrogens with zero attached hydrogens (tertiary/aromatic N) is 3. The molecule has 2 heterocycles. The zero-order chi connectivity index (χ0) is 14.9. The summed E-state index contributed by atoms with van der Waals surface area (Å²) in [5.41, 5.74) is 10.7. The smallest absolute Gasteiger partial charge is 0.127 e. The summed E-state index contributed by atoms with van der Waals surface area (Å²) in [5, 5.41) is 3.22. The quantitative estimate of drug-likeness (QED) is 0.493. The number of hydrogen-bond acceptors (Lipinski definition) is 4. The summed E-state index contributed by atoms with van der Waals surface area (Å²) in [5.74, 6) is 0. The van der Waals surface area contributed by atoms with Crippen LogP contribution in [-0.4, -0.2) is 50.9 Å². The highest BCUT2D eigenvalue weighted by Gasteiger charge is 2.31. The third-order valence-corrected chi connectivity index (χ3v) is 3.56. The molecule has 0 spiro atoms. The van der Waals surface area contributed by atoms with Crippen LogP contribution in [0.5, 0.6) is 0 Å². The lowest BCUT2D eigenvalue weighted by Gasteiger charge is -2.27. The Labute approximate surface area is 124 Å². The zero-order valence-electron chi connectivity index (χ0n) is 11.6. The van der Waals surface area contributed by atoms with Crippen molar-refractivity contribution < 1.29 is 18.3 Å². The highest BCUT2D eigenvalue weighted by atomic mass is 19.1. The van der Waals surface area contributed by atoms with Crippen LogP contribution in [0.25, 0.3) is 10.4 Å². The molecule has 0 bridgehead atoms. The van der Waals surface area contributed by atoms with Gasteiger partial charge >= 0.3 is 0 Å². The average Bonchev–Trinajstić information content (AvgIpc) is 2.48. The van der Waals surface area contributed by atoms with Crippen LogP contribution in [0, 0.1) is 0 Å². The van der Waals surface area contributed by atoms with Crippen LogP contribution >= 0.6 is 0 Å². The molecule has 0 unspecified atom stereocenters. The Hall–Kier alpha value is -0.950. The molecular weight excluding hydrogens is 282 g/mol. The first-order chi connectivity index (χ1) is 9.54. The number of hydrogen-bond donors (Lipinski definition) is 1. The Morgan fingerprint density at radius 2 is 1.43 bits per heavy atom. The first-order valence-corrected chi connectivity index (χ1v) is 6.78. The predicted molar refractivity (Wildman–Crippen MR) is 77.6 cm³/mol. The molecule has 2 N–H and O–H groups in total. The highest BCUT2D eigenvalue weighted by molar-refractivity contribution is 4.84. The third kappa shape index (κ3) is 7.57. The second kappa shape index (κ2) is 9.89. The van der Waals surface area contributed by atoms with E-state index in [1.165, 1.54) is 0 Å². The maximum absolute atomic E-state index is 13.4. The molecule has 0 aromatic heterocycles. The second-order valence-corrected chi connectivity index (χ2v) is 5.12. The molecule has 0 aliphatic carbocycles. The molecule has 0 amide bonds. The molecule has 2 aliphatic rings. The van der Waals surface area contributed by atoms with Gasteiger partial charge in [-0.15, -0.1) is 0 Å². The highest BCUT2D eigenvalue weighted by Crippen LogP contribution is 2.25. The molecule has 0 atom stereocenters. The second-order valence-electron chi connectivity index (χ2n) is 5.12. The fourth-order valence-electron chi connectivity index (χ4n) is 2.00. The fraction of sp³-hybridized carbons (Fsp3) is 1.00. The van der Waals surface area contributed by atoms with Crippen LogP contribution in [0.4, 0.5) is 8.78 Å². The van der Waals surface area contributed by atoms with E-state index in [1.807, 2.05) is 0 Å². The molecule has 2 fully saturated rings. The number of ether oxygens (including phenoxy) is 2.